The predicted octanol–water partition coefficient (Wildman–Crippen LogP) is 2.25. The summed E-state index contributed by atoms with van der Waals surface area (Å²) in [5.41, 5.74) is 1.02. The Balaban J connectivity index is 2.39. The van der Waals surface area contributed by atoms with Crippen molar-refractivity contribution in [3.63, 3.8) is 0 Å². The molecule has 2 N–H and O–H groups in total. The summed E-state index contributed by atoms with van der Waals surface area (Å²) < 4.78 is 5.64. The third-order valence-electron chi connectivity index (χ3n) is 3.32. The van der Waals surface area contributed by atoms with Gasteiger partial charge in [-0.1, -0.05) is 52.8 Å². The van der Waals surface area contributed by atoms with Gasteiger partial charge in [0.05, 0.1) is 0 Å². The van der Waals surface area contributed by atoms with Gasteiger partial charge in [0.25, 0.3) is 5.91 Å². The van der Waals surface area contributed by atoms with Crippen molar-refractivity contribution in [1.29, 1.82) is 0 Å². The Labute approximate surface area is 138 Å². The van der Waals surface area contributed by atoms with Gasteiger partial charge in [-0.15, -0.1) is 0 Å². The number of carbonyl (C=O) groups excluding carboxylic acids is 2. The van der Waals surface area contributed by atoms with Gasteiger partial charge in [-0.05, 0) is 17.0 Å². The minimum absolute atomic E-state index is 0.0189. The number of para-hydroxylation sites is 1. The van der Waals surface area contributed by atoms with Gasteiger partial charge in [-0.2, -0.15) is 0 Å². The van der Waals surface area contributed by atoms with Gasteiger partial charge in [0.1, 0.15) is 5.75 Å². The second kappa shape index (κ2) is 8.56. The molecule has 2 amide bonds. The van der Waals surface area contributed by atoms with Crippen LogP contribution in [-0.2, 0) is 15.0 Å². The van der Waals surface area contributed by atoms with Gasteiger partial charge in [0.15, 0.2) is 6.61 Å². The zero-order valence-electron chi connectivity index (χ0n) is 14.7. The van der Waals surface area contributed by atoms with Gasteiger partial charge in [-0.3, -0.25) is 9.59 Å². The maximum absolute atomic E-state index is 11.8. The van der Waals surface area contributed by atoms with Crippen LogP contribution >= 0.6 is 0 Å². The fourth-order valence-corrected chi connectivity index (χ4v) is 2.00. The maximum Gasteiger partial charge on any atom is 0.258 e. The van der Waals surface area contributed by atoms with E-state index in [2.05, 4.69) is 31.4 Å². The number of carbonyl (C=O) groups is 2. The number of ether oxygens (including phenoxy) is 1. The second-order valence-electron chi connectivity index (χ2n) is 6.83. The van der Waals surface area contributed by atoms with Crippen molar-refractivity contribution in [2.24, 2.45) is 5.92 Å². The number of nitrogens with one attached hydrogen (secondary N) is 2. The van der Waals surface area contributed by atoms with Crippen LogP contribution in [-0.4, -0.2) is 31.5 Å². The van der Waals surface area contributed by atoms with E-state index in [9.17, 15) is 9.59 Å². The summed E-state index contributed by atoms with van der Waals surface area (Å²) in [6.07, 6.45) is 0. The van der Waals surface area contributed by atoms with Crippen LogP contribution in [0.25, 0.3) is 0 Å². The molecule has 0 radical (unpaired) electrons. The van der Waals surface area contributed by atoms with E-state index in [1.165, 1.54) is 0 Å². The molecule has 0 fully saturated rings. The van der Waals surface area contributed by atoms with E-state index in [1.54, 1.807) is 0 Å². The molecule has 0 aromatic heterocycles. The first-order valence-electron chi connectivity index (χ1n) is 7.98. The topological polar surface area (TPSA) is 67.4 Å². The minimum atomic E-state index is -0.201. The molecule has 0 saturated carbocycles. The van der Waals surface area contributed by atoms with E-state index in [0.717, 1.165) is 11.3 Å². The fraction of sp³-hybridized carbons (Fsp3) is 0.556. The predicted molar refractivity (Wildman–Crippen MR) is 91.5 cm³/mol. The Hall–Kier alpha value is -2.04. The van der Waals surface area contributed by atoms with E-state index in [0.29, 0.717) is 13.1 Å². The lowest BCUT2D eigenvalue weighted by Gasteiger charge is -2.22. The number of rotatable bonds is 7. The van der Waals surface area contributed by atoms with E-state index in [1.807, 2.05) is 38.1 Å². The Morgan fingerprint density at radius 2 is 1.70 bits per heavy atom. The Bertz CT molecular complexity index is 533. The van der Waals surface area contributed by atoms with E-state index < -0.39 is 0 Å². The molecule has 1 aromatic rings. The molecule has 0 aliphatic carbocycles. The second-order valence-corrected chi connectivity index (χ2v) is 6.83. The highest BCUT2D eigenvalue weighted by atomic mass is 16.5. The lowest BCUT2D eigenvalue weighted by atomic mass is 9.86. The van der Waals surface area contributed by atoms with Crippen molar-refractivity contribution in [2.45, 2.75) is 40.0 Å². The number of benzene rings is 1. The fourth-order valence-electron chi connectivity index (χ4n) is 2.00. The summed E-state index contributed by atoms with van der Waals surface area (Å²) in [4.78, 5) is 23.2. The van der Waals surface area contributed by atoms with Crippen LogP contribution in [0.2, 0.25) is 0 Å². The van der Waals surface area contributed by atoms with E-state index >= 15 is 0 Å². The van der Waals surface area contributed by atoms with Crippen LogP contribution in [0.4, 0.5) is 0 Å². The molecule has 23 heavy (non-hydrogen) atoms. The summed E-state index contributed by atoms with van der Waals surface area (Å²) in [6.45, 7) is 10.7. The quantitative estimate of drug-likeness (QED) is 0.757. The molecule has 5 nitrogen and oxygen atoms in total. The lowest BCUT2D eigenvalue weighted by molar-refractivity contribution is -0.125. The van der Waals surface area contributed by atoms with Gasteiger partial charge >= 0.3 is 0 Å². The highest BCUT2D eigenvalue weighted by Crippen LogP contribution is 2.30. The van der Waals surface area contributed by atoms with Gasteiger partial charge in [0, 0.05) is 19.0 Å². The molecular weight excluding hydrogens is 292 g/mol. The first-order valence-corrected chi connectivity index (χ1v) is 7.98. The largest absolute Gasteiger partial charge is 0.483 e. The molecule has 1 aromatic carbocycles. The lowest BCUT2D eigenvalue weighted by Crippen LogP contribution is -2.38. The molecule has 0 heterocycles. The zero-order chi connectivity index (χ0) is 17.5. The molecule has 0 atom stereocenters. The molecule has 0 unspecified atom stereocenters. The van der Waals surface area contributed by atoms with Crippen LogP contribution in [0.15, 0.2) is 24.3 Å². The van der Waals surface area contributed by atoms with Gasteiger partial charge < -0.3 is 15.4 Å². The Kier molecular flexibility index (Phi) is 7.07. The molecule has 0 aliphatic rings. The Morgan fingerprint density at radius 1 is 1.09 bits per heavy atom. The summed E-state index contributed by atoms with van der Waals surface area (Å²) >= 11 is 0. The maximum atomic E-state index is 11.8. The third kappa shape index (κ3) is 6.72. The van der Waals surface area contributed by atoms with Crippen LogP contribution in [0, 0.1) is 5.92 Å². The first-order chi connectivity index (χ1) is 10.7. The van der Waals surface area contributed by atoms with Crippen molar-refractivity contribution in [2.75, 3.05) is 19.7 Å². The summed E-state index contributed by atoms with van der Waals surface area (Å²) in [6, 6.07) is 7.74. The Morgan fingerprint density at radius 3 is 2.30 bits per heavy atom. The average molecular weight is 320 g/mol. The normalized spacial score (nSPS) is 11.2. The summed E-state index contributed by atoms with van der Waals surface area (Å²) in [7, 11) is 0. The smallest absolute Gasteiger partial charge is 0.258 e. The number of amides is 2. The van der Waals surface area contributed by atoms with Crippen LogP contribution in [0.3, 0.4) is 0 Å². The summed E-state index contributed by atoms with van der Waals surface area (Å²) in [5, 5.41) is 5.47. The minimum Gasteiger partial charge on any atom is -0.483 e. The monoisotopic (exact) mass is 320 g/mol. The van der Waals surface area contributed by atoms with Crippen molar-refractivity contribution < 1.29 is 14.3 Å². The molecular formula is C18H28N2O3. The highest BCUT2D eigenvalue weighted by molar-refractivity contribution is 5.78. The highest BCUT2D eigenvalue weighted by Gasteiger charge is 2.18. The first kappa shape index (κ1) is 19.0. The molecule has 0 spiro atoms. The molecule has 0 saturated heterocycles. The molecule has 128 valence electrons. The number of hydrogen-bond acceptors (Lipinski definition) is 3. The van der Waals surface area contributed by atoms with E-state index in [4.69, 9.17) is 4.74 Å². The standard InChI is InChI=1S/C18H28N2O3/c1-13(2)17(22)20-11-10-19-16(21)12-23-15-9-7-6-8-14(15)18(3,4)5/h6-9,13H,10-12H2,1-5H3,(H,19,21)(H,20,22). The van der Waals surface area contributed by atoms with Crippen molar-refractivity contribution in [1.82, 2.24) is 10.6 Å². The molecule has 5 heteroatoms. The average Bonchev–Trinajstić information content (AvgIpc) is 2.48. The molecule has 0 aliphatic heterocycles. The van der Waals surface area contributed by atoms with Crippen molar-refractivity contribution in [3.05, 3.63) is 29.8 Å². The van der Waals surface area contributed by atoms with Gasteiger partial charge in [-0.25, -0.2) is 0 Å². The van der Waals surface area contributed by atoms with Crippen molar-refractivity contribution in [3.8, 4) is 5.75 Å². The van der Waals surface area contributed by atoms with Crippen LogP contribution in [0.5, 0.6) is 5.75 Å². The van der Waals surface area contributed by atoms with Crippen LogP contribution in [0.1, 0.15) is 40.2 Å². The summed E-state index contributed by atoms with van der Waals surface area (Å²) in [5.74, 6) is 0.452. The molecule has 1 rings (SSSR count). The zero-order valence-corrected chi connectivity index (χ0v) is 14.7. The molecule has 0 bridgehead atoms. The van der Waals surface area contributed by atoms with Crippen molar-refractivity contribution >= 4 is 11.8 Å². The number of hydrogen-bond donors (Lipinski definition) is 2. The van der Waals surface area contributed by atoms with E-state index in [-0.39, 0.29) is 29.8 Å². The van der Waals surface area contributed by atoms with Gasteiger partial charge in [0.2, 0.25) is 5.91 Å². The SMILES string of the molecule is CC(C)C(=O)NCCNC(=O)COc1ccccc1C(C)(C)C. The van der Waals surface area contributed by atoms with Crippen LogP contribution < -0.4 is 15.4 Å². The third-order valence-corrected chi connectivity index (χ3v) is 3.32.